The fourth-order valence-electron chi connectivity index (χ4n) is 5.76. The summed E-state index contributed by atoms with van der Waals surface area (Å²) in [6.45, 7) is 12.5. The number of ether oxygens (including phenoxy) is 3. The summed E-state index contributed by atoms with van der Waals surface area (Å²) in [5, 5.41) is 20.8. The molecule has 33 heavy (non-hydrogen) atoms. The molecule has 2 aliphatic carbocycles. The number of rotatable bonds is 8. The zero-order valence-corrected chi connectivity index (χ0v) is 20.7. The molecule has 3 rings (SSSR count). The predicted octanol–water partition coefficient (Wildman–Crippen LogP) is 4.31. The second-order valence-corrected chi connectivity index (χ2v) is 10.4. The van der Waals surface area contributed by atoms with E-state index in [2.05, 4.69) is 39.5 Å². The molecular weight excluding hydrogens is 420 g/mol. The average molecular weight is 463 g/mol. The van der Waals surface area contributed by atoms with Crippen LogP contribution in [0.2, 0.25) is 0 Å². The normalized spacial score (nSPS) is 35.3. The first kappa shape index (κ1) is 26.1. The Balaban J connectivity index is 1.73. The van der Waals surface area contributed by atoms with Crippen LogP contribution in [0.5, 0.6) is 0 Å². The van der Waals surface area contributed by atoms with Gasteiger partial charge in [-0.05, 0) is 83.0 Å². The SMILES string of the molecule is C=C1CC[C@@H](C(CCC=C(C)C)CO[C@H]2OC[C@H](O)[C@@H](OC(C)=O)[C@@H]2O)[C@@H]2C=C(C)CC[C@H]12. The van der Waals surface area contributed by atoms with Gasteiger partial charge in [0.25, 0.3) is 0 Å². The Morgan fingerprint density at radius 1 is 1.27 bits per heavy atom. The molecule has 0 bridgehead atoms. The van der Waals surface area contributed by atoms with Crippen LogP contribution < -0.4 is 0 Å². The smallest absolute Gasteiger partial charge is 0.303 e. The summed E-state index contributed by atoms with van der Waals surface area (Å²) in [6.07, 6.45) is 6.92. The van der Waals surface area contributed by atoms with Gasteiger partial charge in [0.2, 0.25) is 0 Å². The third-order valence-electron chi connectivity index (χ3n) is 7.51. The summed E-state index contributed by atoms with van der Waals surface area (Å²) >= 11 is 0. The molecule has 2 N–H and O–H groups in total. The monoisotopic (exact) mass is 462 g/mol. The van der Waals surface area contributed by atoms with Crippen LogP contribution >= 0.6 is 0 Å². The molecule has 1 saturated heterocycles. The summed E-state index contributed by atoms with van der Waals surface area (Å²) in [7, 11) is 0. The van der Waals surface area contributed by atoms with Crippen molar-refractivity contribution in [3.8, 4) is 0 Å². The van der Waals surface area contributed by atoms with Gasteiger partial charge in [0.15, 0.2) is 12.4 Å². The number of carbonyl (C=O) groups excluding carboxylic acids is 1. The van der Waals surface area contributed by atoms with Gasteiger partial charge in [0.05, 0.1) is 13.2 Å². The number of hydrogen-bond acceptors (Lipinski definition) is 6. The maximum atomic E-state index is 11.4. The highest BCUT2D eigenvalue weighted by Crippen LogP contribution is 2.48. The van der Waals surface area contributed by atoms with E-state index < -0.39 is 30.6 Å². The summed E-state index contributed by atoms with van der Waals surface area (Å²) < 4.78 is 16.8. The van der Waals surface area contributed by atoms with Gasteiger partial charge in [0, 0.05) is 6.92 Å². The maximum absolute atomic E-state index is 11.4. The minimum absolute atomic E-state index is 0.0437. The molecule has 8 atom stereocenters. The van der Waals surface area contributed by atoms with Gasteiger partial charge in [-0.15, -0.1) is 0 Å². The second-order valence-electron chi connectivity index (χ2n) is 10.4. The molecule has 0 aromatic rings. The molecule has 6 nitrogen and oxygen atoms in total. The highest BCUT2D eigenvalue weighted by atomic mass is 16.7. The molecule has 2 fully saturated rings. The van der Waals surface area contributed by atoms with Gasteiger partial charge in [-0.3, -0.25) is 4.79 Å². The molecule has 1 aliphatic heterocycles. The Bertz CT molecular complexity index is 752. The third kappa shape index (κ3) is 6.78. The quantitative estimate of drug-likeness (QED) is 0.413. The van der Waals surface area contributed by atoms with Crippen molar-refractivity contribution < 1.29 is 29.2 Å². The zero-order chi connectivity index (χ0) is 24.1. The molecule has 0 spiro atoms. The maximum Gasteiger partial charge on any atom is 0.303 e. The molecule has 0 aromatic heterocycles. The van der Waals surface area contributed by atoms with Crippen molar-refractivity contribution in [3.63, 3.8) is 0 Å². The van der Waals surface area contributed by atoms with Gasteiger partial charge in [-0.25, -0.2) is 0 Å². The molecule has 1 saturated carbocycles. The Labute approximate surface area is 198 Å². The summed E-state index contributed by atoms with van der Waals surface area (Å²) in [5.41, 5.74) is 4.15. The van der Waals surface area contributed by atoms with E-state index >= 15 is 0 Å². The Morgan fingerprint density at radius 2 is 2.03 bits per heavy atom. The van der Waals surface area contributed by atoms with Crippen LogP contribution in [0.1, 0.15) is 66.2 Å². The highest BCUT2D eigenvalue weighted by Gasteiger charge is 2.43. The number of allylic oxidation sites excluding steroid dienone is 5. The molecular formula is C27H42O6. The number of esters is 1. The molecule has 186 valence electrons. The van der Waals surface area contributed by atoms with E-state index in [1.807, 2.05) is 0 Å². The highest BCUT2D eigenvalue weighted by molar-refractivity contribution is 5.66. The number of fused-ring (bicyclic) bond motifs is 1. The van der Waals surface area contributed by atoms with E-state index in [1.54, 1.807) is 0 Å². The third-order valence-corrected chi connectivity index (χ3v) is 7.51. The van der Waals surface area contributed by atoms with Crippen LogP contribution in [0.3, 0.4) is 0 Å². The first-order chi connectivity index (χ1) is 15.7. The van der Waals surface area contributed by atoms with E-state index in [0.29, 0.717) is 30.3 Å². The fourth-order valence-corrected chi connectivity index (χ4v) is 5.76. The summed E-state index contributed by atoms with van der Waals surface area (Å²) in [4.78, 5) is 11.4. The lowest BCUT2D eigenvalue weighted by Crippen LogP contribution is -2.55. The summed E-state index contributed by atoms with van der Waals surface area (Å²) in [6, 6.07) is 0. The van der Waals surface area contributed by atoms with Crippen LogP contribution in [0.15, 0.2) is 35.5 Å². The number of aliphatic hydroxyl groups excluding tert-OH is 2. The number of hydrogen-bond donors (Lipinski definition) is 2. The van der Waals surface area contributed by atoms with E-state index in [0.717, 1.165) is 32.1 Å². The zero-order valence-electron chi connectivity index (χ0n) is 20.7. The van der Waals surface area contributed by atoms with E-state index in [1.165, 1.54) is 30.1 Å². The molecule has 0 amide bonds. The number of carbonyl (C=O) groups is 1. The molecule has 6 heteroatoms. The van der Waals surface area contributed by atoms with Crippen molar-refractivity contribution in [2.75, 3.05) is 13.2 Å². The van der Waals surface area contributed by atoms with Gasteiger partial charge in [-0.2, -0.15) is 0 Å². The van der Waals surface area contributed by atoms with E-state index in [9.17, 15) is 15.0 Å². The predicted molar refractivity (Wildman–Crippen MR) is 127 cm³/mol. The standard InChI is InChI=1S/C27H42O6/c1-16(2)7-6-8-20(22-12-10-18(4)21-11-9-17(3)13-23(21)22)14-31-27-25(30)26(33-19(5)28)24(29)15-32-27/h7,13,20-27,29-30H,4,6,8-12,14-15H2,1-3,5H3/t20?,21-,22+,23-,24+,25+,26-,27+/m1/s1. The van der Waals surface area contributed by atoms with Crippen molar-refractivity contribution in [1.29, 1.82) is 0 Å². The molecule has 3 aliphatic rings. The lowest BCUT2D eigenvalue weighted by molar-refractivity contribution is -0.277. The molecule has 1 heterocycles. The van der Waals surface area contributed by atoms with Crippen molar-refractivity contribution in [2.45, 2.75) is 90.8 Å². The van der Waals surface area contributed by atoms with Crippen LogP contribution in [-0.2, 0) is 19.0 Å². The lowest BCUT2D eigenvalue weighted by Gasteiger charge is -2.45. The first-order valence-electron chi connectivity index (χ1n) is 12.4. The van der Waals surface area contributed by atoms with Crippen LogP contribution in [0.4, 0.5) is 0 Å². The molecule has 0 radical (unpaired) electrons. The molecule has 0 aromatic carbocycles. The van der Waals surface area contributed by atoms with Crippen molar-refractivity contribution >= 4 is 5.97 Å². The summed E-state index contributed by atoms with van der Waals surface area (Å²) in [5.74, 6) is 1.26. The largest absolute Gasteiger partial charge is 0.457 e. The van der Waals surface area contributed by atoms with Crippen molar-refractivity contribution in [2.24, 2.45) is 23.7 Å². The Morgan fingerprint density at radius 3 is 2.73 bits per heavy atom. The molecule has 1 unspecified atom stereocenters. The lowest BCUT2D eigenvalue weighted by atomic mass is 9.61. The Kier molecular flexibility index (Phi) is 9.34. The number of aliphatic hydroxyl groups is 2. The van der Waals surface area contributed by atoms with Gasteiger partial charge < -0.3 is 24.4 Å². The van der Waals surface area contributed by atoms with E-state index in [4.69, 9.17) is 14.2 Å². The average Bonchev–Trinajstić information content (AvgIpc) is 2.75. The minimum Gasteiger partial charge on any atom is -0.457 e. The Hall–Kier alpha value is -1.47. The van der Waals surface area contributed by atoms with Crippen molar-refractivity contribution in [3.05, 3.63) is 35.5 Å². The first-order valence-corrected chi connectivity index (χ1v) is 12.4. The van der Waals surface area contributed by atoms with Gasteiger partial charge >= 0.3 is 5.97 Å². The fraction of sp³-hybridized carbons (Fsp3) is 0.741. The van der Waals surface area contributed by atoms with Gasteiger partial charge in [-0.1, -0.05) is 35.5 Å². The topological polar surface area (TPSA) is 85.2 Å². The van der Waals surface area contributed by atoms with Crippen LogP contribution in [0, 0.1) is 23.7 Å². The van der Waals surface area contributed by atoms with Crippen LogP contribution in [0.25, 0.3) is 0 Å². The van der Waals surface area contributed by atoms with Crippen LogP contribution in [-0.4, -0.2) is 54.0 Å². The van der Waals surface area contributed by atoms with Gasteiger partial charge in [0.1, 0.15) is 12.2 Å². The minimum atomic E-state index is -1.23. The van der Waals surface area contributed by atoms with Crippen molar-refractivity contribution in [1.82, 2.24) is 0 Å². The second kappa shape index (κ2) is 11.8. The van der Waals surface area contributed by atoms with E-state index in [-0.39, 0.29) is 6.61 Å².